The molecule has 0 heterocycles. The van der Waals surface area contributed by atoms with E-state index >= 15 is 0 Å². The van der Waals surface area contributed by atoms with Crippen LogP contribution in [0.4, 0.5) is 0 Å². The molecule has 1 aliphatic rings. The summed E-state index contributed by atoms with van der Waals surface area (Å²) in [5, 5.41) is 8.92. The number of carbonyl (C=O) groups excluding carboxylic acids is 2. The van der Waals surface area contributed by atoms with Crippen LogP contribution >= 0.6 is 0 Å². The molecule has 19 heavy (non-hydrogen) atoms. The zero-order valence-electron chi connectivity index (χ0n) is 10.8. The summed E-state index contributed by atoms with van der Waals surface area (Å²) in [7, 11) is 0. The first kappa shape index (κ1) is 13.7. The number of ketones is 1. The number of hydrogen-bond donors (Lipinski definition) is 1. The molecule has 0 aliphatic heterocycles. The smallest absolute Gasteiger partial charge is 0.379 e. The van der Waals surface area contributed by atoms with Crippen LogP contribution in [0, 0.1) is 0 Å². The third-order valence-electron chi connectivity index (χ3n) is 3.41. The van der Waals surface area contributed by atoms with Gasteiger partial charge >= 0.3 is 5.97 Å². The lowest BCUT2D eigenvalue weighted by molar-refractivity contribution is -0.144. The van der Waals surface area contributed by atoms with Gasteiger partial charge in [-0.2, -0.15) is 0 Å². The van der Waals surface area contributed by atoms with Gasteiger partial charge in [0.1, 0.15) is 6.10 Å². The Balaban J connectivity index is 1.95. The first-order chi connectivity index (χ1) is 9.20. The average Bonchev–Trinajstić information content (AvgIpc) is 2.47. The number of aliphatic hydroxyl groups excluding tert-OH is 1. The molecule has 0 aromatic heterocycles. The Morgan fingerprint density at radius 1 is 1.11 bits per heavy atom. The predicted molar refractivity (Wildman–Crippen MR) is 69.7 cm³/mol. The molecule has 1 aliphatic carbocycles. The Kier molecular flexibility index (Phi) is 4.68. The molecule has 2 rings (SSSR count). The van der Waals surface area contributed by atoms with Gasteiger partial charge < -0.3 is 9.84 Å². The van der Waals surface area contributed by atoms with Gasteiger partial charge in [-0.05, 0) is 31.2 Å². The van der Waals surface area contributed by atoms with E-state index in [4.69, 9.17) is 9.84 Å². The monoisotopic (exact) mass is 262 g/mol. The Morgan fingerprint density at radius 3 is 2.32 bits per heavy atom. The van der Waals surface area contributed by atoms with Crippen molar-refractivity contribution < 1.29 is 19.4 Å². The van der Waals surface area contributed by atoms with E-state index < -0.39 is 11.8 Å². The highest BCUT2D eigenvalue weighted by molar-refractivity contribution is 6.40. The van der Waals surface area contributed by atoms with Gasteiger partial charge in [-0.15, -0.1) is 0 Å². The number of benzene rings is 1. The van der Waals surface area contributed by atoms with Crippen LogP contribution in [0.3, 0.4) is 0 Å². The molecule has 4 nitrogen and oxygen atoms in total. The Labute approximate surface area is 112 Å². The third-order valence-corrected chi connectivity index (χ3v) is 3.41. The number of esters is 1. The average molecular weight is 262 g/mol. The molecule has 1 fully saturated rings. The molecule has 1 saturated carbocycles. The van der Waals surface area contributed by atoms with E-state index in [0.29, 0.717) is 11.1 Å². The van der Waals surface area contributed by atoms with E-state index in [9.17, 15) is 9.59 Å². The highest BCUT2D eigenvalue weighted by Crippen LogP contribution is 2.20. The topological polar surface area (TPSA) is 63.6 Å². The summed E-state index contributed by atoms with van der Waals surface area (Å²) >= 11 is 0. The third kappa shape index (κ3) is 3.64. The van der Waals surface area contributed by atoms with Crippen LogP contribution in [0.1, 0.15) is 48.0 Å². The molecule has 0 saturated heterocycles. The summed E-state index contributed by atoms with van der Waals surface area (Å²) < 4.78 is 5.23. The fourth-order valence-corrected chi connectivity index (χ4v) is 2.27. The van der Waals surface area contributed by atoms with Crippen LogP contribution in [0.5, 0.6) is 0 Å². The molecule has 0 unspecified atom stereocenters. The Morgan fingerprint density at radius 2 is 1.74 bits per heavy atom. The second-order valence-electron chi connectivity index (χ2n) is 4.85. The normalized spacial score (nSPS) is 16.1. The molecule has 0 spiro atoms. The van der Waals surface area contributed by atoms with Gasteiger partial charge in [-0.1, -0.05) is 30.7 Å². The molecule has 0 atom stereocenters. The molecular formula is C15H18O4. The van der Waals surface area contributed by atoms with Gasteiger partial charge in [-0.3, -0.25) is 4.79 Å². The first-order valence-electron chi connectivity index (χ1n) is 6.66. The summed E-state index contributed by atoms with van der Waals surface area (Å²) in [5.41, 5.74) is 1.01. The second-order valence-corrected chi connectivity index (χ2v) is 4.85. The van der Waals surface area contributed by atoms with Crippen molar-refractivity contribution in [1.82, 2.24) is 0 Å². The number of rotatable bonds is 4. The fraction of sp³-hybridized carbons (Fsp3) is 0.467. The van der Waals surface area contributed by atoms with Gasteiger partial charge in [0.2, 0.25) is 0 Å². The highest BCUT2D eigenvalue weighted by Gasteiger charge is 2.23. The minimum absolute atomic E-state index is 0.0824. The summed E-state index contributed by atoms with van der Waals surface area (Å²) in [6, 6.07) is 6.33. The van der Waals surface area contributed by atoms with Crippen molar-refractivity contribution in [2.75, 3.05) is 0 Å². The quantitative estimate of drug-likeness (QED) is 0.513. The number of Topliss-reactive ketones (excluding diaryl/α,β-unsaturated/α-hetero) is 1. The van der Waals surface area contributed by atoms with Crippen LogP contribution in [0.2, 0.25) is 0 Å². The molecule has 1 N–H and O–H groups in total. The van der Waals surface area contributed by atoms with Crippen LogP contribution in [-0.2, 0) is 16.1 Å². The summed E-state index contributed by atoms with van der Waals surface area (Å²) in [6.07, 6.45) is 4.87. The van der Waals surface area contributed by atoms with Crippen molar-refractivity contribution >= 4 is 11.8 Å². The molecule has 0 amide bonds. The highest BCUT2D eigenvalue weighted by atomic mass is 16.5. The van der Waals surface area contributed by atoms with E-state index in [-0.39, 0.29) is 12.7 Å². The van der Waals surface area contributed by atoms with E-state index in [2.05, 4.69) is 0 Å². The Hall–Kier alpha value is -1.68. The minimum Gasteiger partial charge on any atom is -0.456 e. The van der Waals surface area contributed by atoms with Gasteiger partial charge in [0.15, 0.2) is 0 Å². The fourth-order valence-electron chi connectivity index (χ4n) is 2.27. The van der Waals surface area contributed by atoms with Crippen LogP contribution in [0.15, 0.2) is 24.3 Å². The molecule has 1 aromatic rings. The SMILES string of the molecule is O=C(OC1CCCCC1)C(=O)c1ccc(CO)cc1. The van der Waals surface area contributed by atoms with Gasteiger partial charge in [0, 0.05) is 5.56 Å². The number of hydrogen-bond acceptors (Lipinski definition) is 4. The van der Waals surface area contributed by atoms with Crippen molar-refractivity contribution in [3.8, 4) is 0 Å². The molecule has 102 valence electrons. The van der Waals surface area contributed by atoms with E-state index in [0.717, 1.165) is 25.7 Å². The minimum atomic E-state index is -0.774. The van der Waals surface area contributed by atoms with Gasteiger partial charge in [0.05, 0.1) is 6.61 Å². The van der Waals surface area contributed by atoms with E-state index in [1.165, 1.54) is 18.6 Å². The van der Waals surface area contributed by atoms with Crippen LogP contribution in [-0.4, -0.2) is 23.0 Å². The maximum atomic E-state index is 11.9. The predicted octanol–water partition coefficient (Wildman–Crippen LogP) is 2.24. The first-order valence-corrected chi connectivity index (χ1v) is 6.66. The lowest BCUT2D eigenvalue weighted by Crippen LogP contribution is -2.26. The maximum Gasteiger partial charge on any atom is 0.379 e. The molecule has 4 heteroatoms. The van der Waals surface area contributed by atoms with Gasteiger partial charge in [0.25, 0.3) is 5.78 Å². The van der Waals surface area contributed by atoms with Crippen LogP contribution in [0.25, 0.3) is 0 Å². The molecule has 1 aromatic carbocycles. The standard InChI is InChI=1S/C15H18O4/c16-10-11-6-8-12(9-7-11)14(17)15(18)19-13-4-2-1-3-5-13/h6-9,13,16H,1-5,10H2. The van der Waals surface area contributed by atoms with Crippen molar-refractivity contribution in [2.24, 2.45) is 0 Å². The molecular weight excluding hydrogens is 244 g/mol. The Bertz CT molecular complexity index is 444. The van der Waals surface area contributed by atoms with Crippen LogP contribution < -0.4 is 0 Å². The molecule has 0 radical (unpaired) electrons. The van der Waals surface area contributed by atoms with E-state index in [1.807, 2.05) is 0 Å². The van der Waals surface area contributed by atoms with E-state index in [1.54, 1.807) is 12.1 Å². The van der Waals surface area contributed by atoms with Crippen molar-refractivity contribution in [3.63, 3.8) is 0 Å². The summed E-state index contributed by atoms with van der Waals surface area (Å²) in [6.45, 7) is -0.0824. The van der Waals surface area contributed by atoms with Crippen molar-refractivity contribution in [2.45, 2.75) is 44.8 Å². The zero-order chi connectivity index (χ0) is 13.7. The van der Waals surface area contributed by atoms with Crippen molar-refractivity contribution in [3.05, 3.63) is 35.4 Å². The number of carbonyl (C=O) groups is 2. The summed E-state index contributed by atoms with van der Waals surface area (Å²) in [4.78, 5) is 23.6. The van der Waals surface area contributed by atoms with Gasteiger partial charge in [-0.25, -0.2) is 4.79 Å². The number of aliphatic hydroxyl groups is 1. The largest absolute Gasteiger partial charge is 0.456 e. The van der Waals surface area contributed by atoms with Crippen molar-refractivity contribution in [1.29, 1.82) is 0 Å². The molecule has 0 bridgehead atoms. The zero-order valence-corrected chi connectivity index (χ0v) is 10.8. The lowest BCUT2D eigenvalue weighted by Gasteiger charge is -2.21. The second kappa shape index (κ2) is 6.48. The number of ether oxygens (including phenoxy) is 1. The summed E-state index contributed by atoms with van der Waals surface area (Å²) in [5.74, 6) is -1.39. The maximum absolute atomic E-state index is 11.9. The lowest BCUT2D eigenvalue weighted by atomic mass is 9.98.